The Balaban J connectivity index is 2.04. The van der Waals surface area contributed by atoms with Gasteiger partial charge < -0.3 is 28.8 Å². The fourth-order valence-electron chi connectivity index (χ4n) is 4.66. The van der Waals surface area contributed by atoms with Crippen LogP contribution in [0.1, 0.15) is 17.7 Å². The minimum atomic E-state index is -1.67. The largest absolute Gasteiger partial charge is 0.497 e. The average molecular weight is 442 g/mol. The molecule has 0 saturated heterocycles. The van der Waals surface area contributed by atoms with Gasteiger partial charge in [-0.15, -0.1) is 0 Å². The molecular formula is C22H22N2O8. The number of esters is 3. The normalized spacial score (nSPS) is 19.9. The Morgan fingerprint density at radius 2 is 1.75 bits per heavy atom. The van der Waals surface area contributed by atoms with E-state index in [1.807, 2.05) is 12.1 Å². The van der Waals surface area contributed by atoms with Gasteiger partial charge in [-0.25, -0.2) is 14.4 Å². The number of benzene rings is 1. The van der Waals surface area contributed by atoms with Crippen LogP contribution in [0.3, 0.4) is 0 Å². The Morgan fingerprint density at radius 3 is 2.38 bits per heavy atom. The van der Waals surface area contributed by atoms with Gasteiger partial charge in [0.25, 0.3) is 0 Å². The highest BCUT2D eigenvalue weighted by atomic mass is 16.5. The van der Waals surface area contributed by atoms with Gasteiger partial charge in [-0.05, 0) is 30.2 Å². The van der Waals surface area contributed by atoms with Crippen LogP contribution in [-0.2, 0) is 45.3 Å². The number of carbonyl (C=O) groups is 4. The highest BCUT2D eigenvalue weighted by Crippen LogP contribution is 2.48. The molecule has 0 saturated carbocycles. The van der Waals surface area contributed by atoms with Crippen LogP contribution in [0.4, 0.5) is 0 Å². The number of nitrogens with zero attached hydrogens (tertiary/aromatic N) is 1. The summed E-state index contributed by atoms with van der Waals surface area (Å²) in [5.74, 6) is -2.72. The Bertz CT molecular complexity index is 1190. The number of nitrogens with one attached hydrogen (secondary N) is 1. The first-order valence-corrected chi connectivity index (χ1v) is 9.83. The van der Waals surface area contributed by atoms with Crippen molar-refractivity contribution in [2.45, 2.75) is 18.4 Å². The van der Waals surface area contributed by atoms with Gasteiger partial charge in [0, 0.05) is 17.4 Å². The lowest BCUT2D eigenvalue weighted by Gasteiger charge is -2.48. The van der Waals surface area contributed by atoms with Gasteiger partial charge in [-0.2, -0.15) is 0 Å². The third kappa shape index (κ3) is 2.79. The van der Waals surface area contributed by atoms with Crippen molar-refractivity contribution in [3.63, 3.8) is 0 Å². The van der Waals surface area contributed by atoms with Crippen LogP contribution in [0.15, 0.2) is 29.5 Å². The maximum absolute atomic E-state index is 13.3. The smallest absolute Gasteiger partial charge is 0.355 e. The van der Waals surface area contributed by atoms with Crippen LogP contribution in [0, 0.1) is 0 Å². The van der Waals surface area contributed by atoms with Crippen LogP contribution < -0.4 is 4.74 Å². The number of ketones is 1. The molecule has 32 heavy (non-hydrogen) atoms. The molecule has 10 nitrogen and oxygen atoms in total. The highest BCUT2D eigenvalue weighted by molar-refractivity contribution is 6.23. The Hall–Kier alpha value is -3.82. The van der Waals surface area contributed by atoms with Crippen molar-refractivity contribution in [3.8, 4) is 5.75 Å². The second-order valence-electron chi connectivity index (χ2n) is 7.45. The number of rotatable bonds is 4. The summed E-state index contributed by atoms with van der Waals surface area (Å²) in [6.45, 7) is 0.157. The molecule has 10 heteroatoms. The summed E-state index contributed by atoms with van der Waals surface area (Å²) in [5, 5.41) is 0.831. The first-order chi connectivity index (χ1) is 15.3. The lowest BCUT2D eigenvalue weighted by Crippen LogP contribution is -2.61. The van der Waals surface area contributed by atoms with Gasteiger partial charge in [0.2, 0.25) is 0 Å². The predicted molar refractivity (Wildman–Crippen MR) is 110 cm³/mol. The third-order valence-corrected chi connectivity index (χ3v) is 6.07. The molecule has 2 aliphatic rings. The van der Waals surface area contributed by atoms with Crippen molar-refractivity contribution in [1.29, 1.82) is 0 Å². The monoisotopic (exact) mass is 442 g/mol. The summed E-state index contributed by atoms with van der Waals surface area (Å²) < 4.78 is 20.0. The summed E-state index contributed by atoms with van der Waals surface area (Å²) in [6, 6.07) is 5.42. The molecule has 0 radical (unpaired) electrons. The molecule has 3 heterocycles. The van der Waals surface area contributed by atoms with E-state index in [1.165, 1.54) is 12.0 Å². The van der Waals surface area contributed by atoms with E-state index in [0.29, 0.717) is 17.9 Å². The minimum absolute atomic E-state index is 0.157. The lowest BCUT2D eigenvalue weighted by atomic mass is 9.76. The van der Waals surface area contributed by atoms with Crippen molar-refractivity contribution in [1.82, 2.24) is 9.88 Å². The fraction of sp³-hybridized carbons (Fsp3) is 0.364. The zero-order valence-electron chi connectivity index (χ0n) is 18.1. The highest BCUT2D eigenvalue weighted by Gasteiger charge is 2.59. The number of aromatic amines is 1. The fourth-order valence-corrected chi connectivity index (χ4v) is 4.66. The third-order valence-electron chi connectivity index (χ3n) is 6.07. The van der Waals surface area contributed by atoms with Gasteiger partial charge in [-0.1, -0.05) is 0 Å². The predicted octanol–water partition coefficient (Wildman–Crippen LogP) is 0.976. The quantitative estimate of drug-likeness (QED) is 0.419. The van der Waals surface area contributed by atoms with Crippen LogP contribution in [0.25, 0.3) is 10.9 Å². The number of Topliss-reactive ketones (excluding diaryl/α,β-unsaturated/α-hetero) is 1. The molecule has 0 aliphatic carbocycles. The van der Waals surface area contributed by atoms with Crippen LogP contribution in [0.5, 0.6) is 5.75 Å². The molecule has 4 rings (SSSR count). The number of methoxy groups -OCH3 is 4. The number of aromatic nitrogens is 1. The average Bonchev–Trinajstić information content (AvgIpc) is 3.20. The number of hydrogen-bond acceptors (Lipinski definition) is 9. The van der Waals surface area contributed by atoms with E-state index in [2.05, 4.69) is 4.98 Å². The number of ether oxygens (including phenoxy) is 4. The molecule has 2 aromatic rings. The molecule has 0 bridgehead atoms. The zero-order valence-corrected chi connectivity index (χ0v) is 18.1. The summed E-state index contributed by atoms with van der Waals surface area (Å²) in [6.07, 6.45) is 0.00589. The summed E-state index contributed by atoms with van der Waals surface area (Å²) in [4.78, 5) is 56.3. The summed E-state index contributed by atoms with van der Waals surface area (Å²) >= 11 is 0. The molecule has 168 valence electrons. The van der Waals surface area contributed by atoms with Crippen molar-refractivity contribution in [3.05, 3.63) is 40.7 Å². The van der Waals surface area contributed by atoms with Crippen molar-refractivity contribution < 1.29 is 38.1 Å². The molecular weight excluding hydrogens is 420 g/mol. The van der Waals surface area contributed by atoms with Crippen molar-refractivity contribution in [2.24, 2.45) is 0 Å². The van der Waals surface area contributed by atoms with Gasteiger partial charge in [0.1, 0.15) is 17.0 Å². The molecule has 1 N–H and O–H groups in total. The Kier molecular flexibility index (Phi) is 5.15. The standard InChI is InChI=1S/C22H22N2O8/c1-29-11-5-6-14-13(9-11)12-7-8-24-17(20(27)31-3)16(19(26)30-2)15(25)10-22(24,18(12)23-14)21(28)32-4/h5-6,9,23H,7-8,10H2,1-4H3. The van der Waals surface area contributed by atoms with Gasteiger partial charge in [0.15, 0.2) is 11.3 Å². The Morgan fingerprint density at radius 1 is 1.03 bits per heavy atom. The van der Waals surface area contributed by atoms with E-state index in [0.717, 1.165) is 30.7 Å². The minimum Gasteiger partial charge on any atom is -0.497 e. The number of carbonyl (C=O) groups excluding carboxylic acids is 4. The molecule has 1 unspecified atom stereocenters. The van der Waals surface area contributed by atoms with Crippen molar-refractivity contribution in [2.75, 3.05) is 35.0 Å². The second kappa shape index (κ2) is 7.70. The maximum Gasteiger partial charge on any atom is 0.355 e. The van der Waals surface area contributed by atoms with E-state index >= 15 is 0 Å². The molecule has 0 fully saturated rings. The lowest BCUT2D eigenvalue weighted by molar-refractivity contribution is -0.162. The van der Waals surface area contributed by atoms with E-state index in [4.69, 9.17) is 18.9 Å². The molecule has 1 aromatic heterocycles. The van der Waals surface area contributed by atoms with Crippen LogP contribution >= 0.6 is 0 Å². The van der Waals surface area contributed by atoms with E-state index in [1.54, 1.807) is 13.2 Å². The topological polar surface area (TPSA) is 124 Å². The van der Waals surface area contributed by atoms with Crippen LogP contribution in [0.2, 0.25) is 0 Å². The number of fused-ring (bicyclic) bond motifs is 5. The van der Waals surface area contributed by atoms with E-state index in [-0.39, 0.29) is 12.2 Å². The van der Waals surface area contributed by atoms with Crippen LogP contribution in [-0.4, -0.2) is 68.6 Å². The summed E-state index contributed by atoms with van der Waals surface area (Å²) in [5.41, 5.74) is -0.470. The molecule has 0 amide bonds. The summed E-state index contributed by atoms with van der Waals surface area (Å²) in [7, 11) is 5.00. The number of H-pyrrole nitrogens is 1. The van der Waals surface area contributed by atoms with Crippen molar-refractivity contribution >= 4 is 34.6 Å². The SMILES string of the molecule is COC(=O)C1=C(C(=O)OC)N2CCc3c([nH]c4ccc(OC)cc34)C2(C(=O)OC)CC1=O. The zero-order chi connectivity index (χ0) is 23.2. The maximum atomic E-state index is 13.3. The molecule has 2 aliphatic heterocycles. The van der Waals surface area contributed by atoms with Gasteiger partial charge in [0.05, 0.1) is 40.6 Å². The molecule has 0 spiro atoms. The second-order valence-corrected chi connectivity index (χ2v) is 7.45. The molecule has 1 aromatic carbocycles. The first-order valence-electron chi connectivity index (χ1n) is 9.83. The first kappa shape index (κ1) is 21.4. The van der Waals surface area contributed by atoms with Gasteiger partial charge >= 0.3 is 17.9 Å². The van der Waals surface area contributed by atoms with E-state index in [9.17, 15) is 19.2 Å². The van der Waals surface area contributed by atoms with Gasteiger partial charge in [-0.3, -0.25) is 4.79 Å². The van der Waals surface area contributed by atoms with E-state index < -0.39 is 41.2 Å². The number of hydrogen-bond donors (Lipinski definition) is 1. The molecule has 1 atom stereocenters. The Labute approximate surface area is 183 Å².